The van der Waals surface area contributed by atoms with Crippen LogP contribution in [0.5, 0.6) is 0 Å². The third-order valence-electron chi connectivity index (χ3n) is 13.2. The summed E-state index contributed by atoms with van der Waals surface area (Å²) in [5.74, 6) is 0.676. The summed E-state index contributed by atoms with van der Waals surface area (Å²) in [4.78, 5) is 9.19. The first kappa shape index (κ1) is 47.7. The largest absolute Gasteiger partial charge is 0.345 e. The van der Waals surface area contributed by atoms with Crippen molar-refractivity contribution in [3.63, 3.8) is 0 Å². The molecule has 0 N–H and O–H groups in total. The van der Waals surface area contributed by atoms with E-state index in [4.69, 9.17) is 0 Å². The fraction of sp³-hybridized carbons (Fsp3) is 0.134. The predicted octanol–water partition coefficient (Wildman–Crippen LogP) is 18.9. The van der Waals surface area contributed by atoms with Gasteiger partial charge < -0.3 is 19.6 Å². The first-order chi connectivity index (χ1) is 34.6. The van der Waals surface area contributed by atoms with E-state index < -0.39 is 0 Å². The monoisotopic (exact) mass is 925 g/mol. The third-order valence-corrected chi connectivity index (χ3v) is 13.2. The Kier molecular flexibility index (Phi) is 14.8. The number of nitrogens with zero attached hydrogens (tertiary/aromatic N) is 4. The summed E-state index contributed by atoms with van der Waals surface area (Å²) < 4.78 is 0. The van der Waals surface area contributed by atoms with Crippen LogP contribution in [-0.2, 0) is 0 Å². The Labute approximate surface area is 422 Å². The SMILES string of the molecule is Cc1ccc(N(C)C2=CCC(C)C=C2)cc1.Cc1ccc(N(c2ccccc2)c2ccc(-c3ccc(N(c4ccc(C)cc4)c4ccc(N(c5ccc(C)cc5)c5ccc(C)cc5)cc4)cc3)cc2)cc1. The number of benzene rings is 9. The average Bonchev–Trinajstić information content (AvgIpc) is 3.40. The van der Waals surface area contributed by atoms with Crippen molar-refractivity contribution in [2.75, 3.05) is 26.6 Å². The van der Waals surface area contributed by atoms with Crippen molar-refractivity contribution in [3.05, 3.63) is 276 Å². The number of hydrogen-bond donors (Lipinski definition) is 0. The van der Waals surface area contributed by atoms with Crippen molar-refractivity contribution in [1.29, 1.82) is 0 Å². The lowest BCUT2D eigenvalue weighted by atomic mass is 10.0. The molecular formula is C67H64N4. The van der Waals surface area contributed by atoms with Crippen molar-refractivity contribution in [2.45, 2.75) is 48.0 Å². The van der Waals surface area contributed by atoms with Crippen LogP contribution in [0.15, 0.2) is 248 Å². The normalized spacial score (nSPS) is 12.8. The van der Waals surface area contributed by atoms with Gasteiger partial charge in [-0.25, -0.2) is 0 Å². The molecule has 0 spiro atoms. The highest BCUT2D eigenvalue weighted by molar-refractivity contribution is 5.83. The lowest BCUT2D eigenvalue weighted by Crippen LogP contribution is -2.16. The van der Waals surface area contributed by atoms with Gasteiger partial charge in [0, 0.05) is 69.6 Å². The minimum Gasteiger partial charge on any atom is -0.345 e. The van der Waals surface area contributed by atoms with E-state index in [0.29, 0.717) is 5.92 Å². The minimum absolute atomic E-state index is 0.676. The molecule has 0 fully saturated rings. The van der Waals surface area contributed by atoms with Crippen LogP contribution in [0.2, 0.25) is 0 Å². The van der Waals surface area contributed by atoms with Crippen molar-refractivity contribution in [1.82, 2.24) is 0 Å². The Morgan fingerprint density at radius 3 is 0.845 bits per heavy atom. The van der Waals surface area contributed by atoms with Crippen LogP contribution in [0.3, 0.4) is 0 Å². The lowest BCUT2D eigenvalue weighted by Gasteiger charge is -2.28. The van der Waals surface area contributed by atoms with Gasteiger partial charge in [0.2, 0.25) is 0 Å². The molecule has 0 bridgehead atoms. The highest BCUT2D eigenvalue weighted by Gasteiger charge is 2.18. The maximum Gasteiger partial charge on any atom is 0.0463 e. The fourth-order valence-corrected chi connectivity index (χ4v) is 8.93. The number of aryl methyl sites for hydroxylation is 5. The first-order valence-corrected chi connectivity index (χ1v) is 24.8. The summed E-state index contributed by atoms with van der Waals surface area (Å²) in [6.07, 6.45) is 7.95. The molecule has 0 aliphatic heterocycles. The first-order valence-electron chi connectivity index (χ1n) is 24.8. The molecule has 9 aromatic rings. The van der Waals surface area contributed by atoms with Gasteiger partial charge in [-0.2, -0.15) is 0 Å². The van der Waals surface area contributed by atoms with E-state index in [0.717, 1.165) is 57.6 Å². The molecule has 0 heterocycles. The van der Waals surface area contributed by atoms with Crippen LogP contribution in [0.1, 0.15) is 41.2 Å². The van der Waals surface area contributed by atoms with Gasteiger partial charge in [-0.1, -0.05) is 150 Å². The van der Waals surface area contributed by atoms with Crippen molar-refractivity contribution < 1.29 is 0 Å². The van der Waals surface area contributed by atoms with E-state index in [1.165, 1.54) is 50.3 Å². The van der Waals surface area contributed by atoms with Gasteiger partial charge in [-0.15, -0.1) is 0 Å². The van der Waals surface area contributed by atoms with Crippen molar-refractivity contribution >= 4 is 56.9 Å². The number of rotatable bonds is 12. The molecule has 4 heteroatoms. The molecule has 4 nitrogen and oxygen atoms in total. The standard InChI is InChI=1S/C52H45N3.C15H19N/c1-38-10-22-45(23-11-38)53(44-8-6-5-7-9-44)49-30-18-42(19-31-49)43-20-32-50(33-21-43)55(48-28-16-41(4)17-29-48)52-36-34-51(35-37-52)54(46-24-12-39(2)13-25-46)47-26-14-40(3)15-27-47;1-12-4-8-14(9-5-12)16(3)15-10-6-13(2)7-11-15/h5-37H,1-4H3;4-6,8-11,13H,7H2,1-3H3. The Morgan fingerprint density at radius 2 is 0.563 bits per heavy atom. The number of hydrogen-bond acceptors (Lipinski definition) is 4. The molecule has 1 aliphatic carbocycles. The maximum absolute atomic E-state index is 2.33. The van der Waals surface area contributed by atoms with Crippen LogP contribution < -0.4 is 19.6 Å². The summed E-state index contributed by atoms with van der Waals surface area (Å²) in [6.45, 7) is 12.9. The number of para-hydroxylation sites is 1. The minimum atomic E-state index is 0.676. The second kappa shape index (κ2) is 22.0. The summed E-state index contributed by atoms with van der Waals surface area (Å²) in [7, 11) is 2.12. The summed E-state index contributed by atoms with van der Waals surface area (Å²) >= 11 is 0. The highest BCUT2D eigenvalue weighted by Crippen LogP contribution is 2.41. The van der Waals surface area contributed by atoms with Crippen molar-refractivity contribution in [2.24, 2.45) is 5.92 Å². The molecular weight excluding hydrogens is 861 g/mol. The molecule has 0 saturated carbocycles. The van der Waals surface area contributed by atoms with E-state index in [2.05, 4.69) is 311 Å². The Hall–Kier alpha value is -8.34. The number of anilines is 10. The van der Waals surface area contributed by atoms with Gasteiger partial charge in [0.05, 0.1) is 0 Å². The molecule has 352 valence electrons. The van der Waals surface area contributed by atoms with Gasteiger partial charge >= 0.3 is 0 Å². The predicted molar refractivity (Wildman–Crippen MR) is 305 cm³/mol. The van der Waals surface area contributed by atoms with E-state index in [1.807, 2.05) is 0 Å². The molecule has 0 radical (unpaired) electrons. The molecule has 1 unspecified atom stereocenters. The molecule has 1 atom stereocenters. The van der Waals surface area contributed by atoms with Crippen LogP contribution in [0.4, 0.5) is 56.9 Å². The van der Waals surface area contributed by atoms with E-state index in [-0.39, 0.29) is 0 Å². The van der Waals surface area contributed by atoms with Gasteiger partial charge in [0.1, 0.15) is 0 Å². The summed E-state index contributed by atoms with van der Waals surface area (Å²) in [5.41, 5.74) is 21.2. The Morgan fingerprint density at radius 1 is 0.310 bits per heavy atom. The molecule has 0 saturated heterocycles. The fourth-order valence-electron chi connectivity index (χ4n) is 8.93. The number of likely N-dealkylation sites (N-methyl/N-ethyl adjacent to an activating group) is 1. The van der Waals surface area contributed by atoms with Gasteiger partial charge in [-0.3, -0.25) is 0 Å². The zero-order chi connectivity index (χ0) is 49.3. The lowest BCUT2D eigenvalue weighted by molar-refractivity contribution is 0.727. The van der Waals surface area contributed by atoms with E-state index >= 15 is 0 Å². The molecule has 0 aromatic heterocycles. The molecule has 10 rings (SSSR count). The Bertz CT molecular complexity index is 3130. The molecule has 0 amide bonds. The molecule has 9 aromatic carbocycles. The molecule has 71 heavy (non-hydrogen) atoms. The smallest absolute Gasteiger partial charge is 0.0463 e. The van der Waals surface area contributed by atoms with Gasteiger partial charge in [0.15, 0.2) is 0 Å². The maximum atomic E-state index is 2.33. The summed E-state index contributed by atoms with van der Waals surface area (Å²) in [5, 5.41) is 0. The zero-order valence-corrected chi connectivity index (χ0v) is 42.2. The van der Waals surface area contributed by atoms with Crippen LogP contribution in [0.25, 0.3) is 11.1 Å². The Balaban J connectivity index is 0.000000331. The van der Waals surface area contributed by atoms with Crippen LogP contribution in [-0.4, -0.2) is 7.05 Å². The van der Waals surface area contributed by atoms with Crippen LogP contribution in [0, 0.1) is 40.5 Å². The average molecular weight is 925 g/mol. The summed E-state index contributed by atoms with van der Waals surface area (Å²) in [6, 6.07) is 80.8. The van der Waals surface area contributed by atoms with Crippen molar-refractivity contribution in [3.8, 4) is 11.1 Å². The zero-order valence-electron chi connectivity index (χ0n) is 42.2. The highest BCUT2D eigenvalue weighted by atomic mass is 15.2. The molecule has 1 aliphatic rings. The third kappa shape index (κ3) is 11.6. The second-order valence-electron chi connectivity index (χ2n) is 18.9. The quantitative estimate of drug-likeness (QED) is 0.121. The van der Waals surface area contributed by atoms with Crippen LogP contribution >= 0.6 is 0 Å². The second-order valence-corrected chi connectivity index (χ2v) is 18.9. The van der Waals surface area contributed by atoms with E-state index in [9.17, 15) is 0 Å². The van der Waals surface area contributed by atoms with Gasteiger partial charge in [-0.05, 0) is 185 Å². The topological polar surface area (TPSA) is 13.0 Å². The van der Waals surface area contributed by atoms with E-state index in [1.54, 1.807) is 0 Å². The number of allylic oxidation sites excluding steroid dienone is 3. The van der Waals surface area contributed by atoms with Gasteiger partial charge in [0.25, 0.3) is 0 Å².